The van der Waals surface area contributed by atoms with Crippen LogP contribution in [0.2, 0.25) is 0 Å². The highest BCUT2D eigenvalue weighted by atomic mass is 32.2. The van der Waals surface area contributed by atoms with Crippen molar-refractivity contribution in [2.45, 2.75) is 43.7 Å². The van der Waals surface area contributed by atoms with Gasteiger partial charge < -0.3 is 11.1 Å². The van der Waals surface area contributed by atoms with Crippen LogP contribution in [0.1, 0.15) is 38.3 Å². The number of nitrogens with one attached hydrogen (secondary N) is 1. The van der Waals surface area contributed by atoms with Crippen LogP contribution < -0.4 is 11.1 Å². The minimum Gasteiger partial charge on any atom is -0.348 e. The van der Waals surface area contributed by atoms with Gasteiger partial charge in [0.05, 0.1) is 12.1 Å². The van der Waals surface area contributed by atoms with Crippen LogP contribution in [0.15, 0.2) is 29.2 Å². The topological polar surface area (TPSA) is 55.1 Å². The van der Waals surface area contributed by atoms with Crippen molar-refractivity contribution in [3.05, 3.63) is 29.8 Å². The Morgan fingerprint density at radius 2 is 2.00 bits per heavy atom. The maximum atomic E-state index is 11.8. The molecule has 0 saturated heterocycles. The summed E-state index contributed by atoms with van der Waals surface area (Å²) in [6, 6.07) is 7.81. The molecular weight excluding hydrogens is 244 g/mol. The zero-order valence-electron chi connectivity index (χ0n) is 11.3. The molecule has 1 aromatic rings. The molecule has 4 heteroatoms. The van der Waals surface area contributed by atoms with Gasteiger partial charge in [-0.05, 0) is 37.3 Å². The van der Waals surface area contributed by atoms with Gasteiger partial charge in [0.2, 0.25) is 5.91 Å². The number of rotatable bonds is 6. The first-order valence-corrected chi connectivity index (χ1v) is 7.50. The third kappa shape index (κ3) is 4.35. The molecule has 3 N–H and O–H groups in total. The van der Waals surface area contributed by atoms with Crippen molar-refractivity contribution in [1.82, 2.24) is 5.32 Å². The van der Waals surface area contributed by atoms with Crippen molar-refractivity contribution < 1.29 is 4.79 Å². The number of carbonyl (C=O) groups excluding carboxylic acids is 1. The Morgan fingerprint density at radius 3 is 2.50 bits per heavy atom. The molecule has 18 heavy (non-hydrogen) atoms. The van der Waals surface area contributed by atoms with E-state index in [-0.39, 0.29) is 11.9 Å². The lowest BCUT2D eigenvalue weighted by Gasteiger charge is -2.17. The van der Waals surface area contributed by atoms with E-state index in [0.717, 1.165) is 18.4 Å². The van der Waals surface area contributed by atoms with E-state index in [2.05, 4.69) is 17.4 Å². The highest BCUT2D eigenvalue weighted by Crippen LogP contribution is 2.18. The van der Waals surface area contributed by atoms with Gasteiger partial charge in [-0.1, -0.05) is 25.5 Å². The Morgan fingerprint density at radius 1 is 1.39 bits per heavy atom. The molecular formula is C14H22N2OS. The number of nitrogens with two attached hydrogens (primary N) is 1. The van der Waals surface area contributed by atoms with E-state index in [1.165, 1.54) is 4.90 Å². The molecule has 0 aliphatic carbocycles. The molecule has 2 atom stereocenters. The Hall–Kier alpha value is -1.00. The SMILES string of the molecule is CCCC(N)C(=O)NC(C)c1ccc(SC)cc1. The summed E-state index contributed by atoms with van der Waals surface area (Å²) < 4.78 is 0. The van der Waals surface area contributed by atoms with Crippen molar-refractivity contribution in [1.29, 1.82) is 0 Å². The first kappa shape index (κ1) is 15.1. The number of carbonyl (C=O) groups is 1. The Kier molecular flexibility index (Phi) is 6.22. The first-order chi connectivity index (χ1) is 8.58. The highest BCUT2D eigenvalue weighted by Gasteiger charge is 2.15. The van der Waals surface area contributed by atoms with Crippen molar-refractivity contribution in [3.63, 3.8) is 0 Å². The van der Waals surface area contributed by atoms with E-state index >= 15 is 0 Å². The van der Waals surface area contributed by atoms with Crippen LogP contribution in [0.3, 0.4) is 0 Å². The second-order valence-electron chi connectivity index (χ2n) is 4.40. The number of benzene rings is 1. The van der Waals surface area contributed by atoms with E-state index in [0.29, 0.717) is 0 Å². The average Bonchev–Trinajstić information content (AvgIpc) is 2.39. The Bertz CT molecular complexity index is 378. The fraction of sp³-hybridized carbons (Fsp3) is 0.500. The predicted molar refractivity (Wildman–Crippen MR) is 77.7 cm³/mol. The van der Waals surface area contributed by atoms with Crippen LogP contribution >= 0.6 is 11.8 Å². The molecule has 3 nitrogen and oxygen atoms in total. The van der Waals surface area contributed by atoms with Crippen LogP contribution in [-0.2, 0) is 4.79 Å². The standard InChI is InChI=1S/C14H22N2OS/c1-4-5-13(15)14(17)16-10(2)11-6-8-12(18-3)9-7-11/h6-10,13H,4-5,15H2,1-3H3,(H,16,17). The van der Waals surface area contributed by atoms with Gasteiger partial charge in [-0.3, -0.25) is 4.79 Å². The second kappa shape index (κ2) is 7.44. The lowest BCUT2D eigenvalue weighted by Crippen LogP contribution is -2.41. The lowest BCUT2D eigenvalue weighted by atomic mass is 10.1. The number of hydrogen-bond acceptors (Lipinski definition) is 3. The van der Waals surface area contributed by atoms with Crippen molar-refractivity contribution in [3.8, 4) is 0 Å². The van der Waals surface area contributed by atoms with Crippen LogP contribution in [0.25, 0.3) is 0 Å². The fourth-order valence-electron chi connectivity index (χ4n) is 1.74. The summed E-state index contributed by atoms with van der Waals surface area (Å²) in [5, 5.41) is 2.95. The zero-order chi connectivity index (χ0) is 13.5. The predicted octanol–water partition coefficient (Wildman–Crippen LogP) is 2.71. The van der Waals surface area contributed by atoms with Crippen LogP contribution in [0, 0.1) is 0 Å². The molecule has 0 fully saturated rings. The molecule has 100 valence electrons. The van der Waals surface area contributed by atoms with E-state index in [4.69, 9.17) is 5.73 Å². The summed E-state index contributed by atoms with van der Waals surface area (Å²) in [6.07, 6.45) is 3.69. The molecule has 0 aromatic heterocycles. The summed E-state index contributed by atoms with van der Waals surface area (Å²) in [5.41, 5.74) is 6.89. The van der Waals surface area contributed by atoms with E-state index in [9.17, 15) is 4.79 Å². The minimum absolute atomic E-state index is 0.00341. The van der Waals surface area contributed by atoms with Gasteiger partial charge in [-0.15, -0.1) is 11.8 Å². The van der Waals surface area contributed by atoms with E-state index in [1.807, 2.05) is 32.2 Å². The van der Waals surface area contributed by atoms with E-state index in [1.54, 1.807) is 11.8 Å². The maximum absolute atomic E-state index is 11.8. The second-order valence-corrected chi connectivity index (χ2v) is 5.28. The molecule has 0 radical (unpaired) electrons. The summed E-state index contributed by atoms with van der Waals surface area (Å²) in [4.78, 5) is 13.0. The van der Waals surface area contributed by atoms with Gasteiger partial charge in [-0.25, -0.2) is 0 Å². The van der Waals surface area contributed by atoms with Crippen molar-refractivity contribution >= 4 is 17.7 Å². The molecule has 0 spiro atoms. The quantitative estimate of drug-likeness (QED) is 0.778. The van der Waals surface area contributed by atoms with Gasteiger partial charge in [0, 0.05) is 4.90 Å². The third-order valence-electron chi connectivity index (χ3n) is 2.91. The monoisotopic (exact) mass is 266 g/mol. The van der Waals surface area contributed by atoms with Gasteiger partial charge in [0.15, 0.2) is 0 Å². The zero-order valence-corrected chi connectivity index (χ0v) is 12.1. The van der Waals surface area contributed by atoms with Crippen molar-refractivity contribution in [2.75, 3.05) is 6.26 Å². The van der Waals surface area contributed by atoms with Crippen LogP contribution in [0.5, 0.6) is 0 Å². The normalized spacial score (nSPS) is 14.0. The third-order valence-corrected chi connectivity index (χ3v) is 3.65. The van der Waals surface area contributed by atoms with Crippen molar-refractivity contribution in [2.24, 2.45) is 5.73 Å². The fourth-order valence-corrected chi connectivity index (χ4v) is 2.15. The number of amides is 1. The first-order valence-electron chi connectivity index (χ1n) is 6.28. The summed E-state index contributed by atoms with van der Waals surface area (Å²) in [7, 11) is 0. The van der Waals surface area contributed by atoms with Gasteiger partial charge in [0.1, 0.15) is 0 Å². The average molecular weight is 266 g/mol. The van der Waals surface area contributed by atoms with Gasteiger partial charge in [0.25, 0.3) is 0 Å². The van der Waals surface area contributed by atoms with Crippen LogP contribution in [-0.4, -0.2) is 18.2 Å². The van der Waals surface area contributed by atoms with Gasteiger partial charge in [-0.2, -0.15) is 0 Å². The Balaban J connectivity index is 2.58. The number of thioether (sulfide) groups is 1. The molecule has 0 aliphatic rings. The molecule has 1 aromatic carbocycles. The number of hydrogen-bond donors (Lipinski definition) is 2. The summed E-state index contributed by atoms with van der Waals surface area (Å²) in [6.45, 7) is 4.00. The smallest absolute Gasteiger partial charge is 0.237 e. The van der Waals surface area contributed by atoms with Crippen LogP contribution in [0.4, 0.5) is 0 Å². The molecule has 2 unspecified atom stereocenters. The molecule has 0 bridgehead atoms. The Labute approximate surface area is 114 Å². The molecule has 0 saturated carbocycles. The summed E-state index contributed by atoms with van der Waals surface area (Å²) >= 11 is 1.71. The van der Waals surface area contributed by atoms with Gasteiger partial charge >= 0.3 is 0 Å². The van der Waals surface area contributed by atoms with E-state index < -0.39 is 6.04 Å². The highest BCUT2D eigenvalue weighted by molar-refractivity contribution is 7.98. The lowest BCUT2D eigenvalue weighted by molar-refractivity contribution is -0.123. The molecule has 0 heterocycles. The molecule has 1 amide bonds. The maximum Gasteiger partial charge on any atom is 0.237 e. The summed E-state index contributed by atoms with van der Waals surface area (Å²) in [5.74, 6) is -0.0710. The molecule has 0 aliphatic heterocycles. The molecule has 1 rings (SSSR count). The minimum atomic E-state index is -0.400. The largest absolute Gasteiger partial charge is 0.348 e.